The van der Waals surface area contributed by atoms with Crippen molar-refractivity contribution in [1.82, 2.24) is 15.5 Å². The molecule has 0 spiro atoms. The average molecular weight is 227 g/mol. The summed E-state index contributed by atoms with van der Waals surface area (Å²) in [5, 5.41) is 6.26. The van der Waals surface area contributed by atoms with Gasteiger partial charge in [-0.1, -0.05) is 0 Å². The highest BCUT2D eigenvalue weighted by atomic mass is 16.1. The topological polar surface area (TPSA) is 44.4 Å². The summed E-state index contributed by atoms with van der Waals surface area (Å²) in [5.74, 6) is 0.147. The third-order valence-electron chi connectivity index (χ3n) is 3.11. The van der Waals surface area contributed by atoms with Gasteiger partial charge in [-0.2, -0.15) is 0 Å². The van der Waals surface area contributed by atoms with Crippen molar-refractivity contribution >= 4 is 5.91 Å². The van der Waals surface area contributed by atoms with Crippen molar-refractivity contribution < 1.29 is 4.79 Å². The van der Waals surface area contributed by atoms with Gasteiger partial charge in [0.2, 0.25) is 5.91 Å². The zero-order valence-electron chi connectivity index (χ0n) is 10.8. The number of nitrogens with zero attached hydrogens (tertiary/aromatic N) is 1. The molecule has 0 aromatic carbocycles. The van der Waals surface area contributed by atoms with Gasteiger partial charge in [-0.3, -0.25) is 9.69 Å². The number of carbonyl (C=O) groups excluding carboxylic acids is 1. The van der Waals surface area contributed by atoms with Crippen LogP contribution in [0.3, 0.4) is 0 Å². The van der Waals surface area contributed by atoms with E-state index in [9.17, 15) is 4.79 Å². The van der Waals surface area contributed by atoms with Crippen molar-refractivity contribution in [2.75, 3.05) is 26.2 Å². The van der Waals surface area contributed by atoms with Gasteiger partial charge in [-0.05, 0) is 33.7 Å². The van der Waals surface area contributed by atoms with Crippen LogP contribution in [0.1, 0.15) is 33.6 Å². The van der Waals surface area contributed by atoms with Crippen LogP contribution in [-0.2, 0) is 4.79 Å². The van der Waals surface area contributed by atoms with E-state index in [1.807, 2.05) is 6.92 Å². The fourth-order valence-corrected chi connectivity index (χ4v) is 2.10. The van der Waals surface area contributed by atoms with Crippen molar-refractivity contribution in [3.63, 3.8) is 0 Å². The van der Waals surface area contributed by atoms with Crippen LogP contribution < -0.4 is 10.6 Å². The Kier molecular flexibility index (Phi) is 5.77. The molecule has 2 N–H and O–H groups in total. The van der Waals surface area contributed by atoms with Gasteiger partial charge < -0.3 is 10.6 Å². The molecule has 0 saturated carbocycles. The van der Waals surface area contributed by atoms with E-state index in [1.165, 1.54) is 13.0 Å². The first-order chi connectivity index (χ1) is 7.63. The standard InChI is InChI=1S/C12H25N3O/c1-4-13-12(16)5-7-14-11-6-8-15(9-11)10(2)3/h10-11,14H,4-9H2,1-3H3,(H,13,16). The molecule has 1 amide bonds. The Morgan fingerprint density at radius 1 is 1.50 bits per heavy atom. The lowest BCUT2D eigenvalue weighted by Crippen LogP contribution is -2.37. The zero-order valence-corrected chi connectivity index (χ0v) is 10.8. The van der Waals surface area contributed by atoms with Crippen molar-refractivity contribution in [3.05, 3.63) is 0 Å². The van der Waals surface area contributed by atoms with Gasteiger partial charge in [0.25, 0.3) is 0 Å². The van der Waals surface area contributed by atoms with E-state index in [2.05, 4.69) is 29.4 Å². The Labute approximate surface area is 98.8 Å². The molecule has 0 aromatic heterocycles. The minimum absolute atomic E-state index is 0.147. The summed E-state index contributed by atoms with van der Waals surface area (Å²) in [6.07, 6.45) is 1.79. The highest BCUT2D eigenvalue weighted by Gasteiger charge is 2.23. The van der Waals surface area contributed by atoms with Crippen molar-refractivity contribution in [3.8, 4) is 0 Å². The van der Waals surface area contributed by atoms with E-state index in [-0.39, 0.29) is 5.91 Å². The van der Waals surface area contributed by atoms with Gasteiger partial charge in [0, 0.05) is 38.1 Å². The smallest absolute Gasteiger partial charge is 0.221 e. The molecule has 4 heteroatoms. The van der Waals surface area contributed by atoms with Crippen LogP contribution in [0, 0.1) is 0 Å². The molecule has 1 heterocycles. The largest absolute Gasteiger partial charge is 0.356 e. The summed E-state index contributed by atoms with van der Waals surface area (Å²) in [6.45, 7) is 10.2. The molecule has 0 aromatic rings. The van der Waals surface area contributed by atoms with Gasteiger partial charge in [0.1, 0.15) is 0 Å². The summed E-state index contributed by atoms with van der Waals surface area (Å²) < 4.78 is 0. The number of likely N-dealkylation sites (tertiary alicyclic amines) is 1. The molecular weight excluding hydrogens is 202 g/mol. The van der Waals surface area contributed by atoms with E-state index in [0.717, 1.165) is 19.6 Å². The maximum absolute atomic E-state index is 11.2. The second-order valence-electron chi connectivity index (χ2n) is 4.73. The Morgan fingerprint density at radius 2 is 2.25 bits per heavy atom. The van der Waals surface area contributed by atoms with Gasteiger partial charge in [-0.25, -0.2) is 0 Å². The minimum Gasteiger partial charge on any atom is -0.356 e. The molecule has 1 aliphatic rings. The average Bonchev–Trinajstić information content (AvgIpc) is 2.67. The van der Waals surface area contributed by atoms with Crippen LogP contribution in [0.5, 0.6) is 0 Å². The van der Waals surface area contributed by atoms with Crippen LogP contribution in [0.25, 0.3) is 0 Å². The highest BCUT2D eigenvalue weighted by molar-refractivity contribution is 5.75. The number of hydrogen-bond acceptors (Lipinski definition) is 3. The van der Waals surface area contributed by atoms with Crippen LogP contribution in [0.2, 0.25) is 0 Å². The number of hydrogen-bond donors (Lipinski definition) is 2. The molecule has 1 atom stereocenters. The minimum atomic E-state index is 0.147. The maximum Gasteiger partial charge on any atom is 0.221 e. The maximum atomic E-state index is 11.2. The molecule has 1 aliphatic heterocycles. The predicted octanol–water partition coefficient (Wildman–Crippen LogP) is 0.585. The SMILES string of the molecule is CCNC(=O)CCNC1CCN(C(C)C)C1. The fourth-order valence-electron chi connectivity index (χ4n) is 2.10. The molecule has 1 rings (SSSR count). The monoisotopic (exact) mass is 227 g/mol. The molecule has 0 aliphatic carbocycles. The van der Waals surface area contributed by atoms with Crippen LogP contribution in [-0.4, -0.2) is 49.1 Å². The molecular formula is C12H25N3O. The van der Waals surface area contributed by atoms with Gasteiger partial charge in [0.15, 0.2) is 0 Å². The van der Waals surface area contributed by atoms with Crippen LogP contribution in [0.4, 0.5) is 0 Å². The molecule has 1 fully saturated rings. The molecule has 4 nitrogen and oxygen atoms in total. The lowest BCUT2D eigenvalue weighted by molar-refractivity contribution is -0.120. The Balaban J connectivity index is 2.09. The first-order valence-electron chi connectivity index (χ1n) is 6.37. The first-order valence-corrected chi connectivity index (χ1v) is 6.37. The van der Waals surface area contributed by atoms with Gasteiger partial charge >= 0.3 is 0 Å². The molecule has 1 saturated heterocycles. The van der Waals surface area contributed by atoms with E-state index >= 15 is 0 Å². The van der Waals surface area contributed by atoms with E-state index < -0.39 is 0 Å². The van der Waals surface area contributed by atoms with Crippen molar-refractivity contribution in [2.24, 2.45) is 0 Å². The summed E-state index contributed by atoms with van der Waals surface area (Å²) in [7, 11) is 0. The summed E-state index contributed by atoms with van der Waals surface area (Å²) >= 11 is 0. The third kappa shape index (κ3) is 4.49. The molecule has 0 radical (unpaired) electrons. The molecule has 94 valence electrons. The van der Waals surface area contributed by atoms with E-state index in [1.54, 1.807) is 0 Å². The zero-order chi connectivity index (χ0) is 12.0. The fraction of sp³-hybridized carbons (Fsp3) is 0.917. The van der Waals surface area contributed by atoms with Crippen LogP contribution in [0.15, 0.2) is 0 Å². The number of amides is 1. The summed E-state index contributed by atoms with van der Waals surface area (Å²) in [6, 6.07) is 1.20. The normalized spacial score (nSPS) is 21.6. The van der Waals surface area contributed by atoms with Crippen LogP contribution >= 0.6 is 0 Å². The number of rotatable bonds is 6. The molecule has 1 unspecified atom stereocenters. The van der Waals surface area contributed by atoms with Crippen molar-refractivity contribution in [2.45, 2.75) is 45.7 Å². The quantitative estimate of drug-likeness (QED) is 0.698. The highest BCUT2D eigenvalue weighted by Crippen LogP contribution is 2.11. The lowest BCUT2D eigenvalue weighted by Gasteiger charge is -2.20. The third-order valence-corrected chi connectivity index (χ3v) is 3.11. The Hall–Kier alpha value is -0.610. The predicted molar refractivity (Wildman–Crippen MR) is 66.4 cm³/mol. The second-order valence-corrected chi connectivity index (χ2v) is 4.73. The molecule has 16 heavy (non-hydrogen) atoms. The first kappa shape index (κ1) is 13.5. The van der Waals surface area contributed by atoms with E-state index in [4.69, 9.17) is 0 Å². The van der Waals surface area contributed by atoms with Gasteiger partial charge in [0.05, 0.1) is 0 Å². The van der Waals surface area contributed by atoms with E-state index in [0.29, 0.717) is 18.5 Å². The van der Waals surface area contributed by atoms with Gasteiger partial charge in [-0.15, -0.1) is 0 Å². The number of nitrogens with one attached hydrogen (secondary N) is 2. The van der Waals surface area contributed by atoms with Crippen molar-refractivity contribution in [1.29, 1.82) is 0 Å². The molecule has 0 bridgehead atoms. The Morgan fingerprint density at radius 3 is 2.81 bits per heavy atom. The second kappa shape index (κ2) is 6.86. The lowest BCUT2D eigenvalue weighted by atomic mass is 10.2. The number of carbonyl (C=O) groups is 1. The summed E-state index contributed by atoms with van der Waals surface area (Å²) in [4.78, 5) is 13.7. The Bertz CT molecular complexity index is 218. The summed E-state index contributed by atoms with van der Waals surface area (Å²) in [5.41, 5.74) is 0.